The van der Waals surface area contributed by atoms with Crippen LogP contribution in [-0.4, -0.2) is 11.8 Å². The van der Waals surface area contributed by atoms with Crippen molar-refractivity contribution >= 4 is 33.4 Å². The molecular formula is C29H28BrNO2. The summed E-state index contributed by atoms with van der Waals surface area (Å²) in [6, 6.07) is 20.2. The number of amides is 2. The van der Waals surface area contributed by atoms with Crippen molar-refractivity contribution in [3.8, 4) is 11.1 Å². The normalized spacial score (nSPS) is 15.5. The first-order chi connectivity index (χ1) is 16.0. The highest BCUT2D eigenvalue weighted by Gasteiger charge is 2.43. The molecule has 0 N–H and O–H groups in total. The Kier molecular flexibility index (Phi) is 5.74. The van der Waals surface area contributed by atoms with Crippen LogP contribution in [0.15, 0.2) is 65.1 Å². The average Bonchev–Trinajstić information content (AvgIpc) is 3.24. The Hall–Kier alpha value is -2.72. The van der Waals surface area contributed by atoms with Crippen LogP contribution in [0.2, 0.25) is 0 Å². The van der Waals surface area contributed by atoms with E-state index < -0.39 is 0 Å². The third-order valence-electron chi connectivity index (χ3n) is 7.27. The molecular weight excluding hydrogens is 474 g/mol. The Labute approximate surface area is 203 Å². The topological polar surface area (TPSA) is 37.4 Å². The smallest absolute Gasteiger partial charge is 0.266 e. The van der Waals surface area contributed by atoms with Crippen LogP contribution >= 0.6 is 15.9 Å². The van der Waals surface area contributed by atoms with Gasteiger partial charge in [-0.15, -0.1) is 0 Å². The van der Waals surface area contributed by atoms with E-state index in [-0.39, 0.29) is 17.2 Å². The van der Waals surface area contributed by atoms with Gasteiger partial charge in [0.1, 0.15) is 0 Å². The second-order valence-electron chi connectivity index (χ2n) is 9.20. The number of unbranched alkanes of at least 4 members (excludes halogenated alkanes) is 2. The van der Waals surface area contributed by atoms with Crippen molar-refractivity contribution in [2.75, 3.05) is 4.90 Å². The Balaban J connectivity index is 1.65. The summed E-state index contributed by atoms with van der Waals surface area (Å²) < 4.78 is 0.798. The number of carbonyl (C=O) groups is 2. The first-order valence-corrected chi connectivity index (χ1v) is 12.7. The molecule has 3 aromatic rings. The molecule has 2 aliphatic rings. The van der Waals surface area contributed by atoms with Crippen LogP contribution < -0.4 is 4.90 Å². The van der Waals surface area contributed by atoms with E-state index >= 15 is 0 Å². The molecule has 1 aliphatic heterocycles. The zero-order valence-corrected chi connectivity index (χ0v) is 20.7. The molecule has 0 aromatic heterocycles. The van der Waals surface area contributed by atoms with Crippen LogP contribution in [0.3, 0.4) is 0 Å². The molecule has 1 aliphatic carbocycles. The molecule has 2 amide bonds. The van der Waals surface area contributed by atoms with Gasteiger partial charge in [-0.05, 0) is 65.4 Å². The summed E-state index contributed by atoms with van der Waals surface area (Å²) in [5.41, 5.74) is 6.71. The predicted molar refractivity (Wildman–Crippen MR) is 137 cm³/mol. The van der Waals surface area contributed by atoms with Gasteiger partial charge in [0.15, 0.2) is 0 Å². The maximum Gasteiger partial charge on any atom is 0.266 e. The number of nitrogens with zero attached hydrogens (tertiary/aromatic N) is 1. The van der Waals surface area contributed by atoms with E-state index in [1.807, 2.05) is 12.1 Å². The molecule has 0 saturated heterocycles. The van der Waals surface area contributed by atoms with Crippen molar-refractivity contribution in [2.45, 2.75) is 57.8 Å². The van der Waals surface area contributed by atoms with Gasteiger partial charge in [-0.25, -0.2) is 4.90 Å². The molecule has 0 bridgehead atoms. The lowest BCUT2D eigenvalue weighted by Gasteiger charge is -2.33. The summed E-state index contributed by atoms with van der Waals surface area (Å²) >= 11 is 3.43. The summed E-state index contributed by atoms with van der Waals surface area (Å²) in [6.45, 7) is 4.48. The maximum atomic E-state index is 13.3. The minimum Gasteiger partial charge on any atom is -0.268 e. The van der Waals surface area contributed by atoms with E-state index in [4.69, 9.17) is 0 Å². The number of fused-ring (bicyclic) bond motifs is 4. The van der Waals surface area contributed by atoms with E-state index in [9.17, 15) is 9.59 Å². The Morgan fingerprint density at radius 2 is 1.36 bits per heavy atom. The summed E-state index contributed by atoms with van der Waals surface area (Å²) in [7, 11) is 0. The van der Waals surface area contributed by atoms with Gasteiger partial charge in [-0.1, -0.05) is 85.8 Å². The van der Waals surface area contributed by atoms with E-state index in [1.54, 1.807) is 12.1 Å². The van der Waals surface area contributed by atoms with E-state index in [0.717, 1.165) is 43.0 Å². The van der Waals surface area contributed by atoms with Gasteiger partial charge in [-0.2, -0.15) is 0 Å². The standard InChI is InChI=1S/C29H28BrNO2/c1-3-5-15-29(16-6-4-2)25-10-8-7-9-21(25)22-14-12-20(18-26(22)29)31-27(32)23-13-11-19(30)17-24(23)28(31)33/h7-14,17-18H,3-6,15-16H2,1-2H3. The van der Waals surface area contributed by atoms with Crippen LogP contribution in [0.4, 0.5) is 5.69 Å². The second-order valence-corrected chi connectivity index (χ2v) is 10.1. The summed E-state index contributed by atoms with van der Waals surface area (Å²) in [5.74, 6) is -0.495. The monoisotopic (exact) mass is 501 g/mol. The highest BCUT2D eigenvalue weighted by molar-refractivity contribution is 9.10. The zero-order chi connectivity index (χ0) is 23.2. The lowest BCUT2D eigenvalue weighted by atomic mass is 9.71. The third kappa shape index (κ3) is 3.38. The number of rotatable bonds is 7. The first-order valence-electron chi connectivity index (χ1n) is 11.9. The van der Waals surface area contributed by atoms with Crippen molar-refractivity contribution in [2.24, 2.45) is 0 Å². The fourth-order valence-electron chi connectivity index (χ4n) is 5.65. The number of benzene rings is 3. The van der Waals surface area contributed by atoms with Gasteiger partial charge in [0, 0.05) is 9.89 Å². The SMILES string of the molecule is CCCCC1(CCCC)c2ccccc2-c2ccc(N3C(=O)c4ccc(Br)cc4C3=O)cc21. The number of imide groups is 1. The number of hydrogen-bond donors (Lipinski definition) is 0. The molecule has 0 unspecified atom stereocenters. The molecule has 0 spiro atoms. The van der Waals surface area contributed by atoms with E-state index in [0.29, 0.717) is 16.8 Å². The highest BCUT2D eigenvalue weighted by atomic mass is 79.9. The van der Waals surface area contributed by atoms with Crippen LogP contribution in [0.1, 0.15) is 84.2 Å². The molecule has 0 fully saturated rings. The minimum atomic E-state index is -0.250. The van der Waals surface area contributed by atoms with Gasteiger partial charge in [0.25, 0.3) is 11.8 Å². The van der Waals surface area contributed by atoms with Gasteiger partial charge in [0.2, 0.25) is 0 Å². The van der Waals surface area contributed by atoms with Crippen molar-refractivity contribution < 1.29 is 9.59 Å². The minimum absolute atomic E-state index is 0.0738. The van der Waals surface area contributed by atoms with Crippen LogP contribution in [0.5, 0.6) is 0 Å². The average molecular weight is 502 g/mol. The summed E-state index contributed by atoms with van der Waals surface area (Å²) in [6.07, 6.45) is 6.71. The molecule has 3 aromatic carbocycles. The van der Waals surface area contributed by atoms with Gasteiger partial charge in [0.05, 0.1) is 16.8 Å². The van der Waals surface area contributed by atoms with Crippen molar-refractivity contribution in [3.05, 3.63) is 87.4 Å². The molecule has 3 nitrogen and oxygen atoms in total. The quantitative estimate of drug-likeness (QED) is 0.308. The van der Waals surface area contributed by atoms with Crippen LogP contribution in [-0.2, 0) is 5.41 Å². The fraction of sp³-hybridized carbons (Fsp3) is 0.310. The second kappa shape index (κ2) is 8.57. The molecule has 1 heterocycles. The molecule has 0 radical (unpaired) electrons. The molecule has 0 atom stereocenters. The first kappa shape index (κ1) is 22.1. The zero-order valence-electron chi connectivity index (χ0n) is 19.2. The Morgan fingerprint density at radius 1 is 0.727 bits per heavy atom. The molecule has 168 valence electrons. The molecule has 0 saturated carbocycles. The van der Waals surface area contributed by atoms with Crippen LogP contribution in [0.25, 0.3) is 11.1 Å². The van der Waals surface area contributed by atoms with Gasteiger partial charge < -0.3 is 0 Å². The largest absolute Gasteiger partial charge is 0.268 e. The number of anilines is 1. The lowest BCUT2D eigenvalue weighted by molar-refractivity contribution is 0.0926. The molecule has 33 heavy (non-hydrogen) atoms. The van der Waals surface area contributed by atoms with Gasteiger partial charge in [-0.3, -0.25) is 9.59 Å². The Bertz CT molecular complexity index is 1250. The predicted octanol–water partition coefficient (Wildman–Crippen LogP) is 7.90. The van der Waals surface area contributed by atoms with Gasteiger partial charge >= 0.3 is 0 Å². The fourth-order valence-corrected chi connectivity index (χ4v) is 6.01. The van der Waals surface area contributed by atoms with Crippen LogP contribution in [0, 0.1) is 0 Å². The molecule has 5 rings (SSSR count). The number of halogens is 1. The number of hydrogen-bond acceptors (Lipinski definition) is 2. The molecule has 4 heteroatoms. The Morgan fingerprint density at radius 3 is 2.09 bits per heavy atom. The van der Waals surface area contributed by atoms with E-state index in [2.05, 4.69) is 66.2 Å². The summed E-state index contributed by atoms with van der Waals surface area (Å²) in [4.78, 5) is 27.9. The maximum absolute atomic E-state index is 13.3. The third-order valence-corrected chi connectivity index (χ3v) is 7.77. The summed E-state index contributed by atoms with van der Waals surface area (Å²) in [5, 5.41) is 0. The van der Waals surface area contributed by atoms with Crippen molar-refractivity contribution in [1.82, 2.24) is 0 Å². The van der Waals surface area contributed by atoms with Crippen molar-refractivity contribution in [3.63, 3.8) is 0 Å². The van der Waals surface area contributed by atoms with E-state index in [1.165, 1.54) is 27.2 Å². The highest BCUT2D eigenvalue weighted by Crippen LogP contribution is 2.55. The number of carbonyl (C=O) groups excluding carboxylic acids is 2. The van der Waals surface area contributed by atoms with Crippen molar-refractivity contribution in [1.29, 1.82) is 0 Å². The lowest BCUT2D eigenvalue weighted by Crippen LogP contribution is -2.30.